The van der Waals surface area contributed by atoms with Gasteiger partial charge in [-0.05, 0) is 31.0 Å². The number of hydrogen-bond donors (Lipinski definition) is 0. The number of nitrogens with zero attached hydrogens (tertiary/aromatic N) is 3. The molecule has 1 atom stereocenters. The molecule has 1 unspecified atom stereocenters. The van der Waals surface area contributed by atoms with Crippen LogP contribution in [-0.4, -0.2) is 42.2 Å². The van der Waals surface area contributed by atoms with Crippen molar-refractivity contribution in [3.8, 4) is 5.75 Å². The molecular formula is C20H19N3O5S. The number of fused-ring (bicyclic) bond motifs is 1. The number of rotatable bonds is 6. The number of thiazole rings is 1. The van der Waals surface area contributed by atoms with Gasteiger partial charge in [0.2, 0.25) is 0 Å². The SMILES string of the molecule is COc1cccc2sc(N(CC3CCCO3)C(=O)c3cccc([N+](=O)[O-])c3)nc12. The van der Waals surface area contributed by atoms with E-state index < -0.39 is 4.92 Å². The summed E-state index contributed by atoms with van der Waals surface area (Å²) in [7, 11) is 1.58. The first-order chi connectivity index (χ1) is 14.1. The number of hydrogen-bond acceptors (Lipinski definition) is 7. The molecule has 3 aromatic rings. The second kappa shape index (κ2) is 8.14. The molecule has 2 heterocycles. The standard InChI is InChI=1S/C20H19N3O5S/c1-27-16-8-3-9-17-18(16)21-20(29-17)22(12-15-7-4-10-28-15)19(24)13-5-2-6-14(11-13)23(25)26/h2-3,5-6,8-9,11,15H,4,7,10,12H2,1H3. The molecule has 1 aliphatic heterocycles. The van der Waals surface area contributed by atoms with Crippen LogP contribution in [0, 0.1) is 10.1 Å². The number of carbonyl (C=O) groups is 1. The van der Waals surface area contributed by atoms with E-state index in [2.05, 4.69) is 4.98 Å². The van der Waals surface area contributed by atoms with Crippen molar-refractivity contribution in [2.24, 2.45) is 0 Å². The maximum Gasteiger partial charge on any atom is 0.270 e. The summed E-state index contributed by atoms with van der Waals surface area (Å²) in [6.07, 6.45) is 1.70. The van der Waals surface area contributed by atoms with Crippen molar-refractivity contribution in [2.75, 3.05) is 25.2 Å². The Kier molecular flexibility index (Phi) is 5.41. The smallest absolute Gasteiger partial charge is 0.270 e. The predicted molar refractivity (Wildman–Crippen MR) is 110 cm³/mol. The van der Waals surface area contributed by atoms with Gasteiger partial charge in [0.25, 0.3) is 11.6 Å². The quantitative estimate of drug-likeness (QED) is 0.447. The largest absolute Gasteiger partial charge is 0.494 e. The minimum Gasteiger partial charge on any atom is -0.494 e. The topological polar surface area (TPSA) is 94.8 Å². The molecule has 0 saturated carbocycles. The van der Waals surface area contributed by atoms with Crippen LogP contribution in [0.2, 0.25) is 0 Å². The van der Waals surface area contributed by atoms with Gasteiger partial charge in [-0.2, -0.15) is 0 Å². The van der Waals surface area contributed by atoms with E-state index in [1.807, 2.05) is 18.2 Å². The molecule has 1 saturated heterocycles. The molecule has 0 bridgehead atoms. The number of aromatic nitrogens is 1. The Morgan fingerprint density at radius 1 is 1.38 bits per heavy atom. The third-order valence-corrected chi connectivity index (χ3v) is 5.82. The van der Waals surface area contributed by atoms with Crippen molar-refractivity contribution in [1.82, 2.24) is 4.98 Å². The van der Waals surface area contributed by atoms with Gasteiger partial charge in [-0.15, -0.1) is 0 Å². The fourth-order valence-electron chi connectivity index (χ4n) is 3.34. The number of methoxy groups -OCH3 is 1. The molecule has 0 N–H and O–H groups in total. The van der Waals surface area contributed by atoms with E-state index in [0.29, 0.717) is 29.5 Å². The van der Waals surface area contributed by atoms with Crippen LogP contribution in [0.3, 0.4) is 0 Å². The maximum absolute atomic E-state index is 13.3. The Labute approximate surface area is 170 Å². The third kappa shape index (κ3) is 3.92. The van der Waals surface area contributed by atoms with Gasteiger partial charge in [0.05, 0.1) is 29.4 Å². The van der Waals surface area contributed by atoms with Gasteiger partial charge >= 0.3 is 0 Å². The molecule has 1 fully saturated rings. The van der Waals surface area contributed by atoms with Crippen LogP contribution in [0.1, 0.15) is 23.2 Å². The molecule has 150 valence electrons. The van der Waals surface area contributed by atoms with Crippen LogP contribution in [0.4, 0.5) is 10.8 Å². The highest BCUT2D eigenvalue weighted by Crippen LogP contribution is 2.35. The molecule has 0 aliphatic carbocycles. The van der Waals surface area contributed by atoms with Gasteiger partial charge < -0.3 is 9.47 Å². The van der Waals surface area contributed by atoms with Crippen LogP contribution >= 0.6 is 11.3 Å². The Morgan fingerprint density at radius 2 is 2.21 bits per heavy atom. The monoisotopic (exact) mass is 413 g/mol. The van der Waals surface area contributed by atoms with Crippen molar-refractivity contribution >= 4 is 38.3 Å². The Hall–Kier alpha value is -3.04. The van der Waals surface area contributed by atoms with Crippen molar-refractivity contribution in [3.63, 3.8) is 0 Å². The molecule has 8 nitrogen and oxygen atoms in total. The number of benzene rings is 2. The lowest BCUT2D eigenvalue weighted by atomic mass is 10.1. The van der Waals surface area contributed by atoms with Gasteiger partial charge in [0.15, 0.2) is 5.13 Å². The summed E-state index contributed by atoms with van der Waals surface area (Å²) in [4.78, 5) is 30.1. The average Bonchev–Trinajstić information content (AvgIpc) is 3.40. The Balaban J connectivity index is 1.74. The highest BCUT2D eigenvalue weighted by Gasteiger charge is 2.28. The lowest BCUT2D eigenvalue weighted by Crippen LogP contribution is -2.37. The molecule has 1 amide bonds. The highest BCUT2D eigenvalue weighted by atomic mass is 32.1. The van der Waals surface area contributed by atoms with E-state index in [-0.39, 0.29) is 23.3 Å². The zero-order valence-corrected chi connectivity index (χ0v) is 16.6. The van der Waals surface area contributed by atoms with Crippen LogP contribution in [0.15, 0.2) is 42.5 Å². The first-order valence-corrected chi connectivity index (χ1v) is 10.00. The number of nitro benzene ring substituents is 1. The lowest BCUT2D eigenvalue weighted by molar-refractivity contribution is -0.384. The number of ether oxygens (including phenoxy) is 2. The van der Waals surface area contributed by atoms with E-state index in [1.54, 1.807) is 18.1 Å². The van der Waals surface area contributed by atoms with Crippen molar-refractivity contribution < 1.29 is 19.2 Å². The van der Waals surface area contributed by atoms with Crippen molar-refractivity contribution in [2.45, 2.75) is 18.9 Å². The molecule has 2 aromatic carbocycles. The molecule has 9 heteroatoms. The molecule has 1 aromatic heterocycles. The molecule has 0 radical (unpaired) electrons. The number of anilines is 1. The fourth-order valence-corrected chi connectivity index (χ4v) is 4.33. The van der Waals surface area contributed by atoms with Crippen LogP contribution in [0.25, 0.3) is 10.2 Å². The first-order valence-electron chi connectivity index (χ1n) is 9.18. The van der Waals surface area contributed by atoms with Crippen molar-refractivity contribution in [3.05, 3.63) is 58.1 Å². The Morgan fingerprint density at radius 3 is 2.93 bits per heavy atom. The zero-order valence-electron chi connectivity index (χ0n) is 15.7. The van der Waals surface area contributed by atoms with Gasteiger partial charge in [0.1, 0.15) is 11.3 Å². The second-order valence-electron chi connectivity index (χ2n) is 6.66. The summed E-state index contributed by atoms with van der Waals surface area (Å²) in [6.45, 7) is 1.00. The summed E-state index contributed by atoms with van der Waals surface area (Å²) < 4.78 is 12.0. The van der Waals surface area contributed by atoms with Crippen LogP contribution in [-0.2, 0) is 4.74 Å². The number of amides is 1. The predicted octanol–water partition coefficient (Wildman–Crippen LogP) is 4.04. The number of nitro groups is 1. The summed E-state index contributed by atoms with van der Waals surface area (Å²) in [6, 6.07) is 11.3. The maximum atomic E-state index is 13.3. The van der Waals surface area contributed by atoms with E-state index in [1.165, 1.54) is 29.5 Å². The van der Waals surface area contributed by atoms with Gasteiger partial charge in [-0.25, -0.2) is 4.98 Å². The summed E-state index contributed by atoms with van der Waals surface area (Å²) in [5.41, 5.74) is 0.793. The Bertz CT molecular complexity index is 1060. The molecule has 1 aliphatic rings. The summed E-state index contributed by atoms with van der Waals surface area (Å²) in [5, 5.41) is 11.6. The normalized spacial score (nSPS) is 16.1. The van der Waals surface area contributed by atoms with E-state index in [9.17, 15) is 14.9 Å². The molecule has 0 spiro atoms. The summed E-state index contributed by atoms with van der Waals surface area (Å²) in [5.74, 6) is 0.284. The average molecular weight is 413 g/mol. The molecular weight excluding hydrogens is 394 g/mol. The number of carbonyl (C=O) groups excluding carboxylic acids is 1. The van der Waals surface area contributed by atoms with E-state index in [4.69, 9.17) is 9.47 Å². The lowest BCUT2D eigenvalue weighted by Gasteiger charge is -2.23. The summed E-state index contributed by atoms with van der Waals surface area (Å²) >= 11 is 1.38. The molecule has 4 rings (SSSR count). The van der Waals surface area contributed by atoms with Crippen molar-refractivity contribution in [1.29, 1.82) is 0 Å². The van der Waals surface area contributed by atoms with Gasteiger partial charge in [-0.3, -0.25) is 19.8 Å². The van der Waals surface area contributed by atoms with Crippen LogP contribution in [0.5, 0.6) is 5.75 Å². The number of non-ortho nitro benzene ring substituents is 1. The highest BCUT2D eigenvalue weighted by molar-refractivity contribution is 7.22. The second-order valence-corrected chi connectivity index (χ2v) is 7.67. The zero-order chi connectivity index (χ0) is 20.4. The van der Waals surface area contributed by atoms with Gasteiger partial charge in [0, 0.05) is 24.3 Å². The number of para-hydroxylation sites is 1. The third-order valence-electron chi connectivity index (χ3n) is 4.78. The van der Waals surface area contributed by atoms with Gasteiger partial charge in [-0.1, -0.05) is 23.5 Å². The van der Waals surface area contributed by atoms with E-state index in [0.717, 1.165) is 17.5 Å². The van der Waals surface area contributed by atoms with E-state index >= 15 is 0 Å². The van der Waals surface area contributed by atoms with Crippen LogP contribution < -0.4 is 9.64 Å². The fraction of sp³-hybridized carbons (Fsp3) is 0.300. The minimum atomic E-state index is -0.510. The molecule has 29 heavy (non-hydrogen) atoms. The minimum absolute atomic E-state index is 0.0912. The first kappa shape index (κ1) is 19.3.